The minimum absolute atomic E-state index is 0.177. The van der Waals surface area contributed by atoms with Crippen LogP contribution >= 0.6 is 0 Å². The van der Waals surface area contributed by atoms with Crippen molar-refractivity contribution in [2.45, 2.75) is 0 Å². The molecule has 0 aromatic heterocycles. The Kier molecular flexibility index (Phi) is 1.08. The van der Waals surface area contributed by atoms with E-state index in [0.717, 1.165) is 0 Å². The van der Waals surface area contributed by atoms with Crippen LogP contribution in [0.5, 0.6) is 0 Å². The molecule has 0 fully saturated rings. The number of hydrogen-bond donors (Lipinski definition) is 3. The van der Waals surface area contributed by atoms with Gasteiger partial charge in [-0.25, -0.2) is 0 Å². The van der Waals surface area contributed by atoms with Gasteiger partial charge < -0.3 is 19.1 Å². The first-order valence-electron chi connectivity index (χ1n) is 2.89. The van der Waals surface area contributed by atoms with Crippen LogP contribution in [0.15, 0.2) is 0 Å². The van der Waals surface area contributed by atoms with Gasteiger partial charge in [0, 0.05) is 7.11 Å². The van der Waals surface area contributed by atoms with E-state index in [0.29, 0.717) is 0 Å². The molecule has 0 saturated heterocycles. The first-order chi connectivity index (χ1) is 4.74. The van der Waals surface area contributed by atoms with Gasteiger partial charge >= 0.3 is 8.80 Å². The molecule has 0 aliphatic carbocycles. The van der Waals surface area contributed by atoms with Crippen LogP contribution in [-0.2, 0) is 4.74 Å². The lowest BCUT2D eigenvalue weighted by Crippen LogP contribution is -2.40. The smallest absolute Gasteiger partial charge is 0.389 e. The third kappa shape index (κ3) is 6.06. The SMILES string of the molecule is [3H]O[Si](COC)(O[3H])O[3H]. The Morgan fingerprint density at radius 3 is 2.43 bits per heavy atom. The third-order valence-corrected chi connectivity index (χ3v) is 0.963. The lowest BCUT2D eigenvalue weighted by atomic mass is 11.5. The van der Waals surface area contributed by atoms with Gasteiger partial charge in [-0.15, -0.1) is 0 Å². The summed E-state index contributed by atoms with van der Waals surface area (Å²) >= 11 is 0. The van der Waals surface area contributed by atoms with E-state index in [1.54, 1.807) is 0 Å². The molecule has 5 heteroatoms. The molecule has 0 rings (SSSR count). The summed E-state index contributed by atoms with van der Waals surface area (Å²) in [6.07, 6.45) is -0.177. The molecule has 0 aromatic rings. The molecule has 0 radical (unpaired) electrons. The lowest BCUT2D eigenvalue weighted by Gasteiger charge is -2.05. The van der Waals surface area contributed by atoms with Crippen molar-refractivity contribution in [3.8, 4) is 0 Å². The minimum Gasteiger partial charge on any atom is -0.389 e. The van der Waals surface area contributed by atoms with Crippen LogP contribution in [0, 0.1) is 0 Å². The molecule has 3 N–H and O–H groups in total. The van der Waals surface area contributed by atoms with Crippen LogP contribution in [0.4, 0.5) is 0 Å². The summed E-state index contributed by atoms with van der Waals surface area (Å²) < 4.78 is 23.7. The van der Waals surface area contributed by atoms with Gasteiger partial charge in [-0.2, -0.15) is 0 Å². The Hall–Kier alpha value is 0.0569. The quantitative estimate of drug-likeness (QED) is 0.380. The molecule has 4 nitrogen and oxygen atoms in total. The number of ether oxygens (including phenoxy) is 1. The predicted molar refractivity (Wildman–Crippen MR) is 24.3 cm³/mol. The van der Waals surface area contributed by atoms with Gasteiger partial charge in [0.1, 0.15) is 6.23 Å². The molecular weight excluding hydrogens is 116 g/mol. The average Bonchev–Trinajstić information content (AvgIpc) is 2.01. The summed E-state index contributed by atoms with van der Waals surface area (Å²) in [5.74, 6) is 0. The van der Waals surface area contributed by atoms with Gasteiger partial charge in [0.05, 0.1) is 0 Å². The van der Waals surface area contributed by atoms with Gasteiger partial charge in [-0.1, -0.05) is 0 Å². The zero-order chi connectivity index (χ0) is 8.04. The van der Waals surface area contributed by atoms with Gasteiger partial charge in [0.15, 0.2) is 4.29 Å². The van der Waals surface area contributed by atoms with Crippen molar-refractivity contribution < 1.29 is 19.1 Å². The van der Waals surface area contributed by atoms with Crippen LogP contribution in [-0.4, -0.2) is 40.8 Å². The molecule has 44 valence electrons. The minimum atomic E-state index is -3.44. The van der Waals surface area contributed by atoms with E-state index in [4.69, 9.17) is 4.29 Å². The maximum atomic E-state index is 6.40. The predicted octanol–water partition coefficient (Wildman–Crippen LogP) is -1.91. The highest BCUT2D eigenvalue weighted by Gasteiger charge is 2.25. The highest BCUT2D eigenvalue weighted by atomic mass is 28.4. The Morgan fingerprint density at radius 2 is 2.29 bits per heavy atom. The third-order valence-electron chi connectivity index (χ3n) is 0.321. The molecule has 0 aliphatic heterocycles. The maximum absolute atomic E-state index is 6.40. The second-order valence-electron chi connectivity index (χ2n) is 1.12. The largest absolute Gasteiger partial charge is 0.519 e. The fourth-order valence-electron chi connectivity index (χ4n) is 0.177. The fourth-order valence-corrected chi connectivity index (χ4v) is 0.530. The Bertz CT molecular complexity index is 80.3. The van der Waals surface area contributed by atoms with Crippen LogP contribution in [0.25, 0.3) is 0 Å². The molecule has 0 atom stereocenters. The Balaban J connectivity index is 3.87. The van der Waals surface area contributed by atoms with Crippen molar-refractivity contribution in [1.29, 1.82) is 4.29 Å². The number of hydrogen-bond acceptors (Lipinski definition) is 4. The summed E-state index contributed by atoms with van der Waals surface area (Å²) in [5.41, 5.74) is 0. The molecule has 0 heterocycles. The van der Waals surface area contributed by atoms with Gasteiger partial charge in [-0.05, 0) is 0 Å². The molecule has 0 unspecified atom stereocenters. The summed E-state index contributed by atoms with van der Waals surface area (Å²) in [4.78, 5) is 11.8. The highest BCUT2D eigenvalue weighted by molar-refractivity contribution is 6.56. The molecule has 0 aliphatic rings. The zero-order valence-corrected chi connectivity index (χ0v) is 4.84. The Labute approximate surface area is 46.8 Å². The zero-order valence-electron chi connectivity index (χ0n) is 6.84. The lowest BCUT2D eigenvalue weighted by molar-refractivity contribution is 0.143. The number of methoxy groups -OCH3 is 1. The molecule has 7 heavy (non-hydrogen) atoms. The average molecular weight is 130 g/mol. The van der Waals surface area contributed by atoms with Gasteiger partial charge in [-0.3, -0.25) is 0 Å². The van der Waals surface area contributed by atoms with E-state index >= 15 is 0 Å². The first kappa shape index (κ1) is 3.16. The maximum Gasteiger partial charge on any atom is 0.519 e. The molecule has 0 saturated carbocycles. The van der Waals surface area contributed by atoms with E-state index in [9.17, 15) is 0 Å². The van der Waals surface area contributed by atoms with Crippen molar-refractivity contribution in [2.75, 3.05) is 13.3 Å². The summed E-state index contributed by atoms with van der Waals surface area (Å²) in [6, 6.07) is 0. The van der Waals surface area contributed by atoms with Gasteiger partial charge in [0.25, 0.3) is 0 Å². The molecule has 0 spiro atoms. The van der Waals surface area contributed by atoms with Crippen molar-refractivity contribution in [1.82, 2.24) is 0 Å². The van der Waals surface area contributed by atoms with Crippen molar-refractivity contribution in [3.05, 3.63) is 0 Å². The van der Waals surface area contributed by atoms with Crippen molar-refractivity contribution in [2.24, 2.45) is 0 Å². The van der Waals surface area contributed by atoms with E-state index < -0.39 is 8.80 Å². The van der Waals surface area contributed by atoms with Crippen LogP contribution < -0.4 is 0 Å². The van der Waals surface area contributed by atoms with Crippen LogP contribution in [0.1, 0.15) is 0 Å². The summed E-state index contributed by atoms with van der Waals surface area (Å²) in [6.45, 7) is 0. The normalized spacial score (nSPS) is 17.6. The molecule has 0 bridgehead atoms. The van der Waals surface area contributed by atoms with E-state index in [1.807, 2.05) is 0 Å². The van der Waals surface area contributed by atoms with Gasteiger partial charge in [0.2, 0.25) is 0 Å². The summed E-state index contributed by atoms with van der Waals surface area (Å²) in [5, 5.41) is 0. The van der Waals surface area contributed by atoms with Crippen molar-refractivity contribution in [3.63, 3.8) is 0 Å². The van der Waals surface area contributed by atoms with E-state index in [-0.39, 0.29) is 6.23 Å². The Morgan fingerprint density at radius 1 is 1.71 bits per heavy atom. The van der Waals surface area contributed by atoms with Crippen LogP contribution in [0.2, 0.25) is 0 Å². The fraction of sp³-hybridized carbons (Fsp3) is 1.00. The molecule has 0 aromatic carbocycles. The highest BCUT2D eigenvalue weighted by Crippen LogP contribution is 1.82. The van der Waals surface area contributed by atoms with E-state index in [2.05, 4.69) is 19.1 Å². The second kappa shape index (κ2) is 2.39. The van der Waals surface area contributed by atoms with Crippen LogP contribution in [0.3, 0.4) is 0 Å². The topological polar surface area (TPSA) is 69.9 Å². The second-order valence-corrected chi connectivity index (χ2v) is 2.77. The van der Waals surface area contributed by atoms with Crippen molar-refractivity contribution >= 4 is 8.80 Å². The first-order valence-corrected chi connectivity index (χ1v) is 3.59. The molecular formula is C2H8O4Si. The number of rotatable bonds is 5. The monoisotopic (exact) mass is 130 g/mol. The standard InChI is InChI=1S/C2H8O4Si/c1-6-2-7(3,4)5/h3-5H,2H2,1H3/i3T,4T,5T. The molecule has 0 amide bonds. The summed E-state index contributed by atoms with van der Waals surface area (Å²) in [7, 11) is -2.11. The van der Waals surface area contributed by atoms with E-state index in [1.165, 1.54) is 7.11 Å².